The predicted molar refractivity (Wildman–Crippen MR) is 75.0 cm³/mol. The molecule has 2 aromatic rings. The van der Waals surface area contributed by atoms with Crippen molar-refractivity contribution < 1.29 is 9.90 Å². The summed E-state index contributed by atoms with van der Waals surface area (Å²) < 4.78 is 1.83. The van der Waals surface area contributed by atoms with E-state index in [0.29, 0.717) is 17.0 Å². The first-order chi connectivity index (χ1) is 8.88. The van der Waals surface area contributed by atoms with Gasteiger partial charge >= 0.3 is 5.97 Å². The Labute approximate surface area is 116 Å². The van der Waals surface area contributed by atoms with Crippen molar-refractivity contribution in [3.8, 4) is 0 Å². The standard InChI is InChI=1S/C14H18N2O2S/c1-14(2,3)8-4-5-9-11(6-8)19-13-15-7-10(12(17)18)16(9)13/h7-8H,4-6H2,1-3H3,(H,17,18). The zero-order chi connectivity index (χ0) is 13.8. The highest BCUT2D eigenvalue weighted by atomic mass is 32.1. The summed E-state index contributed by atoms with van der Waals surface area (Å²) in [7, 11) is 0. The van der Waals surface area contributed by atoms with Crippen LogP contribution in [-0.4, -0.2) is 20.5 Å². The number of carboxylic acids is 1. The molecule has 1 atom stereocenters. The number of aromatic carboxylic acids is 1. The summed E-state index contributed by atoms with van der Waals surface area (Å²) in [6.07, 6.45) is 4.59. The van der Waals surface area contributed by atoms with Gasteiger partial charge in [0, 0.05) is 10.6 Å². The smallest absolute Gasteiger partial charge is 0.354 e. The van der Waals surface area contributed by atoms with Crippen LogP contribution in [0.25, 0.3) is 4.96 Å². The second kappa shape index (κ2) is 4.07. The molecule has 0 saturated heterocycles. The normalized spacial score (nSPS) is 19.6. The van der Waals surface area contributed by atoms with E-state index in [1.165, 1.54) is 11.1 Å². The largest absolute Gasteiger partial charge is 0.477 e. The zero-order valence-corrected chi connectivity index (χ0v) is 12.3. The van der Waals surface area contributed by atoms with Crippen LogP contribution in [0.4, 0.5) is 0 Å². The van der Waals surface area contributed by atoms with Crippen molar-refractivity contribution in [1.82, 2.24) is 9.38 Å². The molecule has 2 aromatic heterocycles. The van der Waals surface area contributed by atoms with Crippen LogP contribution >= 0.6 is 11.3 Å². The molecule has 0 aromatic carbocycles. The van der Waals surface area contributed by atoms with Gasteiger partial charge in [0.1, 0.15) is 0 Å². The summed E-state index contributed by atoms with van der Waals surface area (Å²) in [6, 6.07) is 0. The van der Waals surface area contributed by atoms with E-state index in [1.54, 1.807) is 11.3 Å². The molecule has 1 N–H and O–H groups in total. The molecule has 4 nitrogen and oxygen atoms in total. The Balaban J connectivity index is 2.07. The monoisotopic (exact) mass is 278 g/mol. The number of aryl methyl sites for hydroxylation is 1. The lowest BCUT2D eigenvalue weighted by atomic mass is 9.73. The first kappa shape index (κ1) is 12.7. The molecule has 0 spiro atoms. The van der Waals surface area contributed by atoms with Crippen LogP contribution in [0, 0.1) is 11.3 Å². The topological polar surface area (TPSA) is 54.6 Å². The number of carboxylic acid groups (broad SMARTS) is 1. The zero-order valence-electron chi connectivity index (χ0n) is 11.4. The molecule has 0 fully saturated rings. The second-order valence-corrected chi connectivity index (χ2v) is 7.41. The van der Waals surface area contributed by atoms with E-state index < -0.39 is 5.97 Å². The minimum atomic E-state index is -0.897. The van der Waals surface area contributed by atoms with Gasteiger partial charge in [-0.2, -0.15) is 0 Å². The van der Waals surface area contributed by atoms with Gasteiger partial charge in [0.25, 0.3) is 0 Å². The maximum Gasteiger partial charge on any atom is 0.354 e. The van der Waals surface area contributed by atoms with Gasteiger partial charge in [-0.05, 0) is 30.6 Å². The molecule has 0 aliphatic heterocycles. The number of aromatic nitrogens is 2. The van der Waals surface area contributed by atoms with Gasteiger partial charge in [-0.25, -0.2) is 9.78 Å². The molecule has 19 heavy (non-hydrogen) atoms. The quantitative estimate of drug-likeness (QED) is 0.871. The molecule has 1 aliphatic rings. The van der Waals surface area contributed by atoms with Crippen LogP contribution in [0.15, 0.2) is 6.20 Å². The van der Waals surface area contributed by atoms with Crippen molar-refractivity contribution in [2.45, 2.75) is 40.0 Å². The Morgan fingerprint density at radius 3 is 2.89 bits per heavy atom. The van der Waals surface area contributed by atoms with Gasteiger partial charge in [-0.1, -0.05) is 20.8 Å². The van der Waals surface area contributed by atoms with Crippen molar-refractivity contribution >= 4 is 22.3 Å². The number of hydrogen-bond acceptors (Lipinski definition) is 3. The highest BCUT2D eigenvalue weighted by Crippen LogP contribution is 2.40. The maximum absolute atomic E-state index is 11.2. The third-order valence-corrected chi connectivity index (χ3v) is 5.26. The van der Waals surface area contributed by atoms with Crippen LogP contribution in [-0.2, 0) is 12.8 Å². The van der Waals surface area contributed by atoms with Gasteiger partial charge < -0.3 is 5.11 Å². The van der Waals surface area contributed by atoms with Gasteiger partial charge in [0.2, 0.25) is 0 Å². The molecular formula is C14H18N2O2S. The van der Waals surface area contributed by atoms with Crippen LogP contribution in [0.5, 0.6) is 0 Å². The minimum absolute atomic E-state index is 0.293. The van der Waals surface area contributed by atoms with E-state index >= 15 is 0 Å². The molecule has 1 unspecified atom stereocenters. The van der Waals surface area contributed by atoms with Crippen molar-refractivity contribution in [2.24, 2.45) is 11.3 Å². The Hall–Kier alpha value is -1.36. The lowest BCUT2D eigenvalue weighted by Gasteiger charge is -2.33. The van der Waals surface area contributed by atoms with E-state index in [1.807, 2.05) is 4.40 Å². The van der Waals surface area contributed by atoms with E-state index in [4.69, 9.17) is 0 Å². The molecule has 2 heterocycles. The van der Waals surface area contributed by atoms with Gasteiger partial charge in [0.05, 0.1) is 6.20 Å². The van der Waals surface area contributed by atoms with E-state index in [2.05, 4.69) is 25.8 Å². The van der Waals surface area contributed by atoms with E-state index in [0.717, 1.165) is 29.9 Å². The molecule has 5 heteroatoms. The summed E-state index contributed by atoms with van der Waals surface area (Å²) >= 11 is 1.65. The van der Waals surface area contributed by atoms with Gasteiger partial charge in [0.15, 0.2) is 10.7 Å². The Kier molecular flexibility index (Phi) is 2.71. The number of imidazole rings is 1. The average Bonchev–Trinajstić information content (AvgIpc) is 2.84. The Bertz CT molecular complexity index is 648. The number of carbonyl (C=O) groups is 1. The summed E-state index contributed by atoms with van der Waals surface area (Å²) in [6.45, 7) is 6.85. The number of fused-ring (bicyclic) bond motifs is 3. The summed E-state index contributed by atoms with van der Waals surface area (Å²) in [5, 5.41) is 9.22. The highest BCUT2D eigenvalue weighted by molar-refractivity contribution is 7.17. The Morgan fingerprint density at radius 2 is 2.26 bits per heavy atom. The fourth-order valence-electron chi connectivity index (χ4n) is 2.90. The third kappa shape index (κ3) is 1.96. The molecule has 0 saturated carbocycles. The van der Waals surface area contributed by atoms with Gasteiger partial charge in [-0.15, -0.1) is 11.3 Å². The number of thiazole rings is 1. The predicted octanol–water partition coefficient (Wildman–Crippen LogP) is 3.25. The molecule has 102 valence electrons. The second-order valence-electron chi connectivity index (χ2n) is 6.34. The third-order valence-electron chi connectivity index (χ3n) is 4.14. The number of nitrogens with zero attached hydrogens (tertiary/aromatic N) is 2. The summed E-state index contributed by atoms with van der Waals surface area (Å²) in [4.78, 5) is 17.6. The molecule has 0 radical (unpaired) electrons. The van der Waals surface area contributed by atoms with Crippen molar-refractivity contribution in [3.05, 3.63) is 22.5 Å². The highest BCUT2D eigenvalue weighted by Gasteiger charge is 2.32. The van der Waals surface area contributed by atoms with Crippen LogP contribution < -0.4 is 0 Å². The first-order valence-corrected chi connectivity index (χ1v) is 7.41. The van der Waals surface area contributed by atoms with Crippen molar-refractivity contribution in [3.63, 3.8) is 0 Å². The minimum Gasteiger partial charge on any atom is -0.477 e. The molecular weight excluding hydrogens is 260 g/mol. The van der Waals surface area contributed by atoms with Crippen LogP contribution in [0.3, 0.4) is 0 Å². The molecule has 0 amide bonds. The lowest BCUT2D eigenvalue weighted by Crippen LogP contribution is -2.26. The fourth-order valence-corrected chi connectivity index (χ4v) is 4.12. The summed E-state index contributed by atoms with van der Waals surface area (Å²) in [5.74, 6) is -0.234. The van der Waals surface area contributed by atoms with Crippen molar-refractivity contribution in [2.75, 3.05) is 0 Å². The molecule has 1 aliphatic carbocycles. The van der Waals surface area contributed by atoms with Crippen molar-refractivity contribution in [1.29, 1.82) is 0 Å². The molecule has 0 bridgehead atoms. The lowest BCUT2D eigenvalue weighted by molar-refractivity contribution is 0.0689. The maximum atomic E-state index is 11.2. The first-order valence-electron chi connectivity index (χ1n) is 6.59. The van der Waals surface area contributed by atoms with E-state index in [-0.39, 0.29) is 0 Å². The number of hydrogen-bond donors (Lipinski definition) is 1. The fraction of sp³-hybridized carbons (Fsp3) is 0.571. The molecule has 3 rings (SSSR count). The average molecular weight is 278 g/mol. The number of rotatable bonds is 1. The summed E-state index contributed by atoms with van der Waals surface area (Å²) in [5.41, 5.74) is 1.76. The Morgan fingerprint density at radius 1 is 1.53 bits per heavy atom. The SMILES string of the molecule is CC(C)(C)C1CCc2c(sc3ncc(C(=O)O)n23)C1. The van der Waals surface area contributed by atoms with Gasteiger partial charge in [-0.3, -0.25) is 4.40 Å². The van der Waals surface area contributed by atoms with E-state index in [9.17, 15) is 9.90 Å². The van der Waals surface area contributed by atoms with Crippen LogP contribution in [0.1, 0.15) is 48.3 Å². The van der Waals surface area contributed by atoms with Crippen LogP contribution in [0.2, 0.25) is 0 Å².